The van der Waals surface area contributed by atoms with Gasteiger partial charge in [-0.3, -0.25) is 9.59 Å². The number of piperidine rings is 1. The minimum Gasteiger partial charge on any atom is -0.368 e. The summed E-state index contributed by atoms with van der Waals surface area (Å²) >= 11 is 0. The van der Waals surface area contributed by atoms with Gasteiger partial charge in [0.1, 0.15) is 5.60 Å². The zero-order valence-corrected chi connectivity index (χ0v) is 17.2. The number of hydrogen-bond donors (Lipinski definition) is 3. The SMILES string of the molecule is COC1(C(=O)Nc2cccc(S(=O)(=O)N3CCNC(=O)C3)c2)CCNCC1.Cl. The summed E-state index contributed by atoms with van der Waals surface area (Å²) in [6, 6.07) is 6.05. The van der Waals surface area contributed by atoms with Gasteiger partial charge in [0.2, 0.25) is 15.9 Å². The minimum absolute atomic E-state index is 0. The maximum absolute atomic E-state index is 12.8. The highest BCUT2D eigenvalue weighted by Gasteiger charge is 2.39. The number of carbonyl (C=O) groups excluding carboxylic acids is 2. The van der Waals surface area contributed by atoms with Gasteiger partial charge in [0.15, 0.2) is 0 Å². The zero-order chi connectivity index (χ0) is 19.5. The summed E-state index contributed by atoms with van der Waals surface area (Å²) < 4.78 is 32.2. The Balaban J connectivity index is 0.00000280. The van der Waals surface area contributed by atoms with E-state index in [0.29, 0.717) is 31.6 Å². The van der Waals surface area contributed by atoms with Crippen LogP contribution in [0.4, 0.5) is 5.69 Å². The highest BCUT2D eigenvalue weighted by atomic mass is 35.5. The molecule has 28 heavy (non-hydrogen) atoms. The summed E-state index contributed by atoms with van der Waals surface area (Å²) in [6.45, 7) is 1.63. The van der Waals surface area contributed by atoms with Crippen LogP contribution in [-0.4, -0.2) is 70.0 Å². The molecule has 2 aliphatic rings. The van der Waals surface area contributed by atoms with E-state index in [4.69, 9.17) is 4.74 Å². The summed E-state index contributed by atoms with van der Waals surface area (Å²) in [4.78, 5) is 24.3. The van der Waals surface area contributed by atoms with E-state index in [0.717, 1.165) is 4.31 Å². The van der Waals surface area contributed by atoms with Crippen molar-refractivity contribution in [3.8, 4) is 0 Å². The molecule has 0 bridgehead atoms. The molecule has 2 fully saturated rings. The first-order valence-corrected chi connectivity index (χ1v) is 10.3. The normalized spacial score (nSPS) is 20.0. The highest BCUT2D eigenvalue weighted by Crippen LogP contribution is 2.26. The number of nitrogens with zero attached hydrogens (tertiary/aromatic N) is 1. The highest BCUT2D eigenvalue weighted by molar-refractivity contribution is 7.89. The van der Waals surface area contributed by atoms with Crippen molar-refractivity contribution in [1.82, 2.24) is 14.9 Å². The minimum atomic E-state index is -3.82. The lowest BCUT2D eigenvalue weighted by atomic mass is 9.91. The topological polar surface area (TPSA) is 117 Å². The third-order valence-corrected chi connectivity index (χ3v) is 6.79. The Bertz CT molecular complexity index is 827. The molecule has 0 spiro atoms. The Kier molecular flexibility index (Phi) is 7.40. The Morgan fingerprint density at radius 3 is 2.61 bits per heavy atom. The maximum atomic E-state index is 12.8. The van der Waals surface area contributed by atoms with Crippen LogP contribution in [0.1, 0.15) is 12.8 Å². The van der Waals surface area contributed by atoms with Crippen molar-refractivity contribution in [3.05, 3.63) is 24.3 Å². The van der Waals surface area contributed by atoms with Gasteiger partial charge >= 0.3 is 0 Å². The van der Waals surface area contributed by atoms with Crippen LogP contribution in [0.5, 0.6) is 0 Å². The number of hydrogen-bond acceptors (Lipinski definition) is 6. The second-order valence-corrected chi connectivity index (χ2v) is 8.56. The van der Waals surface area contributed by atoms with Crippen molar-refractivity contribution in [1.29, 1.82) is 0 Å². The lowest BCUT2D eigenvalue weighted by molar-refractivity contribution is -0.140. The number of halogens is 1. The lowest BCUT2D eigenvalue weighted by Crippen LogP contribution is -2.51. The van der Waals surface area contributed by atoms with E-state index in [9.17, 15) is 18.0 Å². The number of sulfonamides is 1. The number of nitrogens with one attached hydrogen (secondary N) is 3. The van der Waals surface area contributed by atoms with E-state index >= 15 is 0 Å². The van der Waals surface area contributed by atoms with Gasteiger partial charge in [0, 0.05) is 25.9 Å². The summed E-state index contributed by atoms with van der Waals surface area (Å²) in [5.41, 5.74) is -0.553. The molecule has 11 heteroatoms. The monoisotopic (exact) mass is 432 g/mol. The lowest BCUT2D eigenvalue weighted by Gasteiger charge is -2.34. The average molecular weight is 433 g/mol. The predicted octanol–water partition coefficient (Wildman–Crippen LogP) is -0.0640. The molecule has 0 saturated carbocycles. The third-order valence-electron chi connectivity index (χ3n) is 4.95. The Morgan fingerprint density at radius 1 is 1.25 bits per heavy atom. The number of amides is 2. The predicted molar refractivity (Wildman–Crippen MR) is 106 cm³/mol. The van der Waals surface area contributed by atoms with Gasteiger partial charge in [0.25, 0.3) is 5.91 Å². The zero-order valence-electron chi connectivity index (χ0n) is 15.6. The van der Waals surface area contributed by atoms with Gasteiger partial charge in [-0.15, -0.1) is 12.4 Å². The number of ether oxygens (including phenoxy) is 1. The first-order chi connectivity index (χ1) is 12.9. The average Bonchev–Trinajstić information content (AvgIpc) is 2.68. The van der Waals surface area contributed by atoms with Gasteiger partial charge in [-0.05, 0) is 44.1 Å². The van der Waals surface area contributed by atoms with Crippen molar-refractivity contribution in [2.75, 3.05) is 45.2 Å². The van der Waals surface area contributed by atoms with E-state index < -0.39 is 15.6 Å². The molecule has 2 aliphatic heterocycles. The molecule has 3 rings (SSSR count). The van der Waals surface area contributed by atoms with Crippen molar-refractivity contribution >= 4 is 39.9 Å². The Labute approximate surface area is 170 Å². The fourth-order valence-corrected chi connectivity index (χ4v) is 4.75. The molecule has 0 atom stereocenters. The van der Waals surface area contributed by atoms with Crippen LogP contribution in [0.3, 0.4) is 0 Å². The van der Waals surface area contributed by atoms with Crippen LogP contribution in [0.2, 0.25) is 0 Å². The van der Waals surface area contributed by atoms with Gasteiger partial charge in [-0.25, -0.2) is 8.42 Å². The Hall–Kier alpha value is -1.72. The molecule has 9 nitrogen and oxygen atoms in total. The van der Waals surface area contributed by atoms with Crippen LogP contribution in [0, 0.1) is 0 Å². The number of methoxy groups -OCH3 is 1. The van der Waals surface area contributed by atoms with Gasteiger partial charge in [-0.2, -0.15) is 4.31 Å². The summed E-state index contributed by atoms with van der Waals surface area (Å²) in [5, 5.41) is 8.56. The molecule has 0 aromatic heterocycles. The van der Waals surface area contributed by atoms with Crippen molar-refractivity contribution in [3.63, 3.8) is 0 Å². The van der Waals surface area contributed by atoms with Crippen LogP contribution >= 0.6 is 12.4 Å². The van der Waals surface area contributed by atoms with E-state index in [1.54, 1.807) is 12.1 Å². The van der Waals surface area contributed by atoms with Gasteiger partial charge in [0.05, 0.1) is 11.4 Å². The molecule has 1 aromatic carbocycles. The summed E-state index contributed by atoms with van der Waals surface area (Å²) in [6.07, 6.45) is 1.08. The second kappa shape index (κ2) is 9.19. The summed E-state index contributed by atoms with van der Waals surface area (Å²) in [7, 11) is -2.31. The molecule has 0 unspecified atom stereocenters. The van der Waals surface area contributed by atoms with E-state index in [1.165, 1.54) is 19.2 Å². The number of piperazine rings is 1. The largest absolute Gasteiger partial charge is 0.368 e. The third kappa shape index (κ3) is 4.64. The van der Waals surface area contributed by atoms with Gasteiger partial charge in [-0.1, -0.05) is 6.07 Å². The second-order valence-electron chi connectivity index (χ2n) is 6.62. The quantitative estimate of drug-likeness (QED) is 0.600. The van der Waals surface area contributed by atoms with Crippen molar-refractivity contribution in [2.24, 2.45) is 0 Å². The van der Waals surface area contributed by atoms with Crippen molar-refractivity contribution in [2.45, 2.75) is 23.3 Å². The van der Waals surface area contributed by atoms with Crippen LogP contribution in [0.15, 0.2) is 29.2 Å². The Morgan fingerprint density at radius 2 is 1.96 bits per heavy atom. The molecular formula is C17H25ClN4O5S. The van der Waals surface area contributed by atoms with Gasteiger partial charge < -0.3 is 20.7 Å². The van der Waals surface area contributed by atoms with Crippen LogP contribution in [0.25, 0.3) is 0 Å². The molecule has 1 aromatic rings. The molecular weight excluding hydrogens is 408 g/mol. The molecule has 2 saturated heterocycles. The molecule has 156 valence electrons. The smallest absolute Gasteiger partial charge is 0.256 e. The van der Waals surface area contributed by atoms with E-state index in [2.05, 4.69) is 16.0 Å². The summed E-state index contributed by atoms with van der Waals surface area (Å²) in [5.74, 6) is -0.624. The molecule has 2 amide bonds. The number of benzene rings is 1. The molecule has 2 heterocycles. The standard InChI is InChI=1S/C17H24N4O5S.ClH/c1-26-17(5-7-18-8-6-17)16(23)20-13-3-2-4-14(11-13)27(24,25)21-10-9-19-15(22)12-21;/h2-4,11,18H,5-10,12H2,1H3,(H,19,22)(H,20,23);1H. The maximum Gasteiger partial charge on any atom is 0.256 e. The van der Waals surface area contributed by atoms with E-state index in [-0.39, 0.29) is 48.8 Å². The number of carbonyl (C=O) groups is 2. The van der Waals surface area contributed by atoms with Crippen LogP contribution < -0.4 is 16.0 Å². The number of anilines is 1. The fraction of sp³-hybridized carbons (Fsp3) is 0.529. The molecule has 0 aliphatic carbocycles. The van der Waals surface area contributed by atoms with Crippen molar-refractivity contribution < 1.29 is 22.7 Å². The first kappa shape index (κ1) is 22.6. The first-order valence-electron chi connectivity index (χ1n) is 8.82. The van der Waals surface area contributed by atoms with E-state index in [1.807, 2.05) is 0 Å². The fourth-order valence-electron chi connectivity index (χ4n) is 3.30. The molecule has 0 radical (unpaired) electrons. The number of rotatable bonds is 5. The van der Waals surface area contributed by atoms with Crippen LogP contribution in [-0.2, 0) is 24.3 Å². The molecule has 3 N–H and O–H groups in total.